The lowest BCUT2D eigenvalue weighted by molar-refractivity contribution is 0.0930. The van der Waals surface area contributed by atoms with E-state index >= 15 is 0 Å². The molecule has 1 aromatic carbocycles. The van der Waals surface area contributed by atoms with Gasteiger partial charge >= 0.3 is 0 Å². The average Bonchev–Trinajstić information content (AvgIpc) is 2.21. The second kappa shape index (κ2) is 4.59. The molecular formula is C13H14ClNO. The van der Waals surface area contributed by atoms with Crippen LogP contribution in [0.4, 0.5) is 0 Å². The average molecular weight is 236 g/mol. The number of hydrogen-bond donors (Lipinski definition) is 1. The van der Waals surface area contributed by atoms with Crippen molar-refractivity contribution in [3.05, 3.63) is 34.3 Å². The summed E-state index contributed by atoms with van der Waals surface area (Å²) in [4.78, 5) is 11.8. The van der Waals surface area contributed by atoms with Crippen LogP contribution in [0.3, 0.4) is 0 Å². The molecule has 1 rings (SSSR count). The van der Waals surface area contributed by atoms with Crippen LogP contribution in [0.15, 0.2) is 18.2 Å². The first-order valence-electron chi connectivity index (χ1n) is 4.92. The van der Waals surface area contributed by atoms with E-state index in [0.29, 0.717) is 10.6 Å². The van der Waals surface area contributed by atoms with E-state index in [-0.39, 0.29) is 5.91 Å². The van der Waals surface area contributed by atoms with Crippen molar-refractivity contribution in [2.75, 3.05) is 0 Å². The summed E-state index contributed by atoms with van der Waals surface area (Å²) in [7, 11) is 0. The molecule has 0 aliphatic heterocycles. The van der Waals surface area contributed by atoms with Gasteiger partial charge in [-0.3, -0.25) is 4.79 Å². The number of nitrogens with one attached hydrogen (secondary N) is 1. The molecule has 2 nitrogen and oxygen atoms in total. The highest BCUT2D eigenvalue weighted by molar-refractivity contribution is 6.31. The molecule has 0 saturated carbocycles. The minimum Gasteiger partial charge on any atom is -0.336 e. The SMILES string of the molecule is C#CC(C)(C)NC(=O)c1ccc(C)c(Cl)c1. The van der Waals surface area contributed by atoms with Crippen molar-refractivity contribution < 1.29 is 4.79 Å². The van der Waals surface area contributed by atoms with Crippen LogP contribution < -0.4 is 5.32 Å². The van der Waals surface area contributed by atoms with Crippen LogP contribution in [0.2, 0.25) is 5.02 Å². The number of terminal acetylenes is 1. The Hall–Kier alpha value is -1.46. The summed E-state index contributed by atoms with van der Waals surface area (Å²) in [6, 6.07) is 5.17. The molecule has 0 spiro atoms. The first kappa shape index (κ1) is 12.6. The van der Waals surface area contributed by atoms with Crippen molar-refractivity contribution in [1.82, 2.24) is 5.32 Å². The molecular weight excluding hydrogens is 222 g/mol. The highest BCUT2D eigenvalue weighted by atomic mass is 35.5. The monoisotopic (exact) mass is 235 g/mol. The summed E-state index contributed by atoms with van der Waals surface area (Å²) in [6.45, 7) is 5.41. The van der Waals surface area contributed by atoms with E-state index in [1.807, 2.05) is 6.92 Å². The van der Waals surface area contributed by atoms with E-state index in [1.165, 1.54) is 0 Å². The Bertz CT molecular complexity index is 457. The Morgan fingerprint density at radius 3 is 2.62 bits per heavy atom. The largest absolute Gasteiger partial charge is 0.336 e. The molecule has 0 heterocycles. The zero-order valence-corrected chi connectivity index (χ0v) is 10.4. The molecule has 0 unspecified atom stereocenters. The lowest BCUT2D eigenvalue weighted by Gasteiger charge is -2.19. The normalized spacial score (nSPS) is 10.7. The maximum atomic E-state index is 11.8. The first-order valence-corrected chi connectivity index (χ1v) is 5.30. The van der Waals surface area contributed by atoms with Gasteiger partial charge in [0.05, 0.1) is 5.54 Å². The van der Waals surface area contributed by atoms with Gasteiger partial charge in [0.1, 0.15) is 0 Å². The molecule has 0 aromatic heterocycles. The zero-order chi connectivity index (χ0) is 12.3. The van der Waals surface area contributed by atoms with E-state index in [1.54, 1.807) is 32.0 Å². The molecule has 3 heteroatoms. The maximum absolute atomic E-state index is 11.8. The van der Waals surface area contributed by atoms with Gasteiger partial charge in [-0.25, -0.2) is 0 Å². The van der Waals surface area contributed by atoms with Gasteiger partial charge in [-0.1, -0.05) is 23.6 Å². The summed E-state index contributed by atoms with van der Waals surface area (Å²) in [6.07, 6.45) is 5.30. The number of rotatable bonds is 2. The predicted octanol–water partition coefficient (Wildman–Crippen LogP) is 2.79. The lowest BCUT2D eigenvalue weighted by atomic mass is 10.1. The smallest absolute Gasteiger partial charge is 0.252 e. The molecule has 1 N–H and O–H groups in total. The van der Waals surface area contributed by atoms with Crippen LogP contribution in [0.1, 0.15) is 29.8 Å². The molecule has 84 valence electrons. The van der Waals surface area contributed by atoms with Gasteiger partial charge in [-0.15, -0.1) is 6.42 Å². The molecule has 16 heavy (non-hydrogen) atoms. The van der Waals surface area contributed by atoms with Crippen molar-refractivity contribution in [2.24, 2.45) is 0 Å². The van der Waals surface area contributed by atoms with Gasteiger partial charge in [0.15, 0.2) is 0 Å². The highest BCUT2D eigenvalue weighted by Gasteiger charge is 2.18. The third kappa shape index (κ3) is 3.01. The molecule has 1 amide bonds. The molecule has 0 aliphatic rings. The minimum absolute atomic E-state index is 0.218. The summed E-state index contributed by atoms with van der Waals surface area (Å²) in [5.41, 5.74) is 0.794. The van der Waals surface area contributed by atoms with Crippen LogP contribution >= 0.6 is 11.6 Å². The Labute approximate surface area is 101 Å². The molecule has 0 fully saturated rings. The van der Waals surface area contributed by atoms with Gasteiger partial charge in [0, 0.05) is 10.6 Å². The minimum atomic E-state index is -0.658. The Morgan fingerprint density at radius 2 is 2.12 bits per heavy atom. The van der Waals surface area contributed by atoms with Crippen LogP contribution in [0, 0.1) is 19.3 Å². The van der Waals surface area contributed by atoms with Crippen LogP contribution in [0.5, 0.6) is 0 Å². The van der Waals surface area contributed by atoms with Crippen LogP contribution in [-0.2, 0) is 0 Å². The fourth-order valence-electron chi connectivity index (χ4n) is 1.13. The third-order valence-corrected chi connectivity index (χ3v) is 2.63. The van der Waals surface area contributed by atoms with E-state index in [2.05, 4.69) is 11.2 Å². The fraction of sp³-hybridized carbons (Fsp3) is 0.308. The Kier molecular flexibility index (Phi) is 3.62. The van der Waals surface area contributed by atoms with Crippen LogP contribution in [-0.4, -0.2) is 11.4 Å². The van der Waals surface area contributed by atoms with E-state index < -0.39 is 5.54 Å². The summed E-state index contributed by atoms with van der Waals surface area (Å²) < 4.78 is 0. The number of halogens is 1. The molecule has 0 saturated heterocycles. The Balaban J connectivity index is 2.91. The van der Waals surface area contributed by atoms with Gasteiger partial charge in [0.2, 0.25) is 0 Å². The van der Waals surface area contributed by atoms with Crippen LogP contribution in [0.25, 0.3) is 0 Å². The van der Waals surface area contributed by atoms with Gasteiger partial charge < -0.3 is 5.32 Å². The van der Waals surface area contributed by atoms with Crippen molar-refractivity contribution in [2.45, 2.75) is 26.3 Å². The molecule has 0 radical (unpaired) electrons. The van der Waals surface area contributed by atoms with Gasteiger partial charge in [-0.2, -0.15) is 0 Å². The van der Waals surface area contributed by atoms with E-state index in [0.717, 1.165) is 5.56 Å². The standard InChI is InChI=1S/C13H14ClNO/c1-5-13(3,4)15-12(16)10-7-6-9(2)11(14)8-10/h1,6-8H,2-4H3,(H,15,16). The molecule has 0 aliphatic carbocycles. The number of carbonyl (C=O) groups excluding carboxylic acids is 1. The van der Waals surface area contributed by atoms with Gasteiger partial charge in [0.25, 0.3) is 5.91 Å². The zero-order valence-electron chi connectivity index (χ0n) is 9.60. The lowest BCUT2D eigenvalue weighted by Crippen LogP contribution is -2.42. The number of carbonyl (C=O) groups is 1. The first-order chi connectivity index (χ1) is 7.35. The second-order valence-electron chi connectivity index (χ2n) is 4.19. The summed E-state index contributed by atoms with van der Waals surface area (Å²) >= 11 is 5.94. The van der Waals surface area contributed by atoms with Crippen molar-refractivity contribution in [1.29, 1.82) is 0 Å². The quantitative estimate of drug-likeness (QED) is 0.785. The topological polar surface area (TPSA) is 29.1 Å². The fourth-order valence-corrected chi connectivity index (χ4v) is 1.31. The van der Waals surface area contributed by atoms with Crippen molar-refractivity contribution in [3.63, 3.8) is 0 Å². The van der Waals surface area contributed by atoms with E-state index in [9.17, 15) is 4.79 Å². The summed E-state index contributed by atoms with van der Waals surface area (Å²) in [5, 5.41) is 3.31. The number of benzene rings is 1. The van der Waals surface area contributed by atoms with Crippen molar-refractivity contribution >= 4 is 17.5 Å². The molecule has 1 aromatic rings. The highest BCUT2D eigenvalue weighted by Crippen LogP contribution is 2.17. The predicted molar refractivity (Wildman–Crippen MR) is 66.6 cm³/mol. The third-order valence-electron chi connectivity index (χ3n) is 2.22. The van der Waals surface area contributed by atoms with E-state index in [4.69, 9.17) is 18.0 Å². The summed E-state index contributed by atoms with van der Waals surface area (Å²) in [5.74, 6) is 2.29. The molecule has 0 atom stereocenters. The Morgan fingerprint density at radius 1 is 1.50 bits per heavy atom. The molecule has 0 bridgehead atoms. The van der Waals surface area contributed by atoms with Crippen molar-refractivity contribution in [3.8, 4) is 12.3 Å². The maximum Gasteiger partial charge on any atom is 0.252 e. The number of aryl methyl sites for hydroxylation is 1. The van der Waals surface area contributed by atoms with Gasteiger partial charge in [-0.05, 0) is 38.5 Å². The second-order valence-corrected chi connectivity index (χ2v) is 4.59. The number of hydrogen-bond acceptors (Lipinski definition) is 1. The number of amides is 1.